The molecule has 0 spiro atoms. The summed E-state index contributed by atoms with van der Waals surface area (Å²) in [5, 5.41) is 1.12. The largest absolute Gasteiger partial charge is 0.391 e. The lowest BCUT2D eigenvalue weighted by atomic mass is 10.3. The molecular weight excluding hydrogens is 329 g/mol. The van der Waals surface area contributed by atoms with Crippen molar-refractivity contribution >= 4 is 25.5 Å². The Labute approximate surface area is 142 Å². The van der Waals surface area contributed by atoms with Crippen LogP contribution in [0.4, 0.5) is 4.39 Å². The van der Waals surface area contributed by atoms with E-state index in [1.165, 1.54) is 12.3 Å². The van der Waals surface area contributed by atoms with Gasteiger partial charge in [0.25, 0.3) is 0 Å². The first-order valence-electron chi connectivity index (χ1n) is 7.69. The predicted octanol–water partition coefficient (Wildman–Crippen LogP) is 3.87. The molecule has 2 rings (SSSR count). The summed E-state index contributed by atoms with van der Waals surface area (Å²) in [6.45, 7) is 7.32. The van der Waals surface area contributed by atoms with Crippen molar-refractivity contribution in [1.29, 1.82) is 0 Å². The van der Waals surface area contributed by atoms with E-state index in [0.717, 1.165) is 15.6 Å². The van der Waals surface area contributed by atoms with Gasteiger partial charge in [0.2, 0.25) is 5.95 Å². The van der Waals surface area contributed by atoms with Crippen molar-refractivity contribution in [1.82, 2.24) is 4.98 Å². The molecule has 0 bridgehead atoms. The molecular formula is C17H22FNO2SSi. The summed E-state index contributed by atoms with van der Waals surface area (Å²) in [5.74, 6) is 0.259. The van der Waals surface area contributed by atoms with Crippen LogP contribution in [0.2, 0.25) is 6.55 Å². The second kappa shape index (κ2) is 8.59. The summed E-state index contributed by atoms with van der Waals surface area (Å²) in [6, 6.07) is 11.6. The third kappa shape index (κ3) is 5.14. The third-order valence-corrected chi connectivity index (χ3v) is 7.50. The second-order valence-electron chi connectivity index (χ2n) is 5.12. The minimum absolute atomic E-state index is 0.440. The molecule has 0 aliphatic carbocycles. The number of halogens is 1. The number of hydrogen-bond acceptors (Lipinski definition) is 4. The van der Waals surface area contributed by atoms with E-state index in [1.807, 2.05) is 26.0 Å². The fraction of sp³-hybridized carbons (Fsp3) is 0.353. The van der Waals surface area contributed by atoms with Gasteiger partial charge in [-0.15, -0.1) is 11.8 Å². The number of hydrogen-bond donors (Lipinski definition) is 0. The van der Waals surface area contributed by atoms with Crippen molar-refractivity contribution in [2.24, 2.45) is 0 Å². The first kappa shape index (κ1) is 18.1. The Balaban J connectivity index is 2.12. The number of nitrogens with zero attached hydrogens (tertiary/aromatic N) is 1. The number of benzene rings is 1. The van der Waals surface area contributed by atoms with Gasteiger partial charge in [-0.2, -0.15) is 4.39 Å². The molecule has 0 unspecified atom stereocenters. The molecule has 0 saturated carbocycles. The van der Waals surface area contributed by atoms with Crippen LogP contribution >= 0.6 is 11.8 Å². The van der Waals surface area contributed by atoms with Gasteiger partial charge in [0.05, 0.1) is 0 Å². The highest BCUT2D eigenvalue weighted by atomic mass is 32.2. The minimum Gasteiger partial charge on any atom is -0.391 e. The van der Waals surface area contributed by atoms with Gasteiger partial charge in [0.1, 0.15) is 0 Å². The maximum Gasteiger partial charge on any atom is 0.369 e. The van der Waals surface area contributed by atoms with Crippen molar-refractivity contribution in [2.45, 2.75) is 31.0 Å². The predicted molar refractivity (Wildman–Crippen MR) is 94.7 cm³/mol. The maximum atomic E-state index is 13.1. The van der Waals surface area contributed by atoms with Gasteiger partial charge in [-0.3, -0.25) is 0 Å². The average molecular weight is 352 g/mol. The summed E-state index contributed by atoms with van der Waals surface area (Å²) in [6.07, 6.45) is 1.50. The van der Waals surface area contributed by atoms with Gasteiger partial charge >= 0.3 is 8.56 Å². The first-order valence-corrected chi connectivity index (χ1v) is 11.0. The second-order valence-corrected chi connectivity index (χ2v) is 9.21. The Kier molecular flexibility index (Phi) is 6.77. The Bertz CT molecular complexity index is 635. The number of pyridine rings is 1. The van der Waals surface area contributed by atoms with Gasteiger partial charge in [-0.1, -0.05) is 12.1 Å². The lowest BCUT2D eigenvalue weighted by Gasteiger charge is -2.26. The molecule has 1 heterocycles. The molecule has 124 valence electrons. The highest BCUT2D eigenvalue weighted by Crippen LogP contribution is 2.23. The Morgan fingerprint density at radius 3 is 2.52 bits per heavy atom. The van der Waals surface area contributed by atoms with Crippen molar-refractivity contribution in [3.8, 4) is 0 Å². The van der Waals surface area contributed by atoms with Crippen molar-refractivity contribution in [3.05, 3.63) is 54.1 Å². The van der Waals surface area contributed by atoms with Gasteiger partial charge in [0, 0.05) is 30.1 Å². The topological polar surface area (TPSA) is 31.4 Å². The standard InChI is InChI=1S/C17H22FNO2SSi/c1-4-20-23(3,21-5-2)16-8-6-7-15(12-16)22-13-14-9-10-19-17(18)11-14/h6-12H,4-5,13H2,1-3H3. The normalized spacial score (nSPS) is 11.7. The lowest BCUT2D eigenvalue weighted by molar-refractivity contribution is 0.202. The van der Waals surface area contributed by atoms with E-state index in [-0.39, 0.29) is 0 Å². The van der Waals surface area contributed by atoms with E-state index in [1.54, 1.807) is 11.8 Å². The Morgan fingerprint density at radius 1 is 1.13 bits per heavy atom. The number of rotatable bonds is 8. The van der Waals surface area contributed by atoms with Crippen LogP contribution in [0.15, 0.2) is 47.5 Å². The fourth-order valence-corrected chi connectivity index (χ4v) is 5.66. The van der Waals surface area contributed by atoms with Crippen LogP contribution in [0, 0.1) is 5.95 Å². The molecule has 6 heteroatoms. The third-order valence-electron chi connectivity index (χ3n) is 3.39. The Hall–Kier alpha value is -1.21. The number of aromatic nitrogens is 1. The summed E-state index contributed by atoms with van der Waals surface area (Å²) in [4.78, 5) is 4.70. The van der Waals surface area contributed by atoms with E-state index < -0.39 is 14.5 Å². The molecule has 3 nitrogen and oxygen atoms in total. The van der Waals surface area contributed by atoms with Crippen LogP contribution in [0.3, 0.4) is 0 Å². The SMILES string of the molecule is CCO[Si](C)(OCC)c1cccc(SCc2ccnc(F)c2)c1. The number of thioether (sulfide) groups is 1. The van der Waals surface area contributed by atoms with Crippen molar-refractivity contribution in [2.75, 3.05) is 13.2 Å². The van der Waals surface area contributed by atoms with Crippen LogP contribution in [0.25, 0.3) is 0 Å². The fourth-order valence-electron chi connectivity index (χ4n) is 2.33. The van der Waals surface area contributed by atoms with Gasteiger partial charge in [0.15, 0.2) is 0 Å². The monoisotopic (exact) mass is 351 g/mol. The van der Waals surface area contributed by atoms with Crippen LogP contribution in [0.5, 0.6) is 0 Å². The molecule has 2 aromatic rings. The molecule has 0 aliphatic heterocycles. The van der Waals surface area contributed by atoms with Crippen molar-refractivity contribution in [3.63, 3.8) is 0 Å². The molecule has 0 atom stereocenters. The molecule has 1 aromatic heterocycles. The van der Waals surface area contributed by atoms with Crippen LogP contribution in [-0.2, 0) is 14.6 Å². The van der Waals surface area contributed by atoms with Gasteiger partial charge in [-0.05, 0) is 55.4 Å². The van der Waals surface area contributed by atoms with Crippen LogP contribution < -0.4 is 5.19 Å². The molecule has 0 radical (unpaired) electrons. The van der Waals surface area contributed by atoms with Crippen LogP contribution in [0.1, 0.15) is 19.4 Å². The smallest absolute Gasteiger partial charge is 0.369 e. The highest BCUT2D eigenvalue weighted by molar-refractivity contribution is 7.98. The maximum absolute atomic E-state index is 13.1. The van der Waals surface area contributed by atoms with Crippen molar-refractivity contribution < 1.29 is 13.2 Å². The quantitative estimate of drug-likeness (QED) is 0.410. The van der Waals surface area contributed by atoms with E-state index in [9.17, 15) is 4.39 Å². The van der Waals surface area contributed by atoms with Gasteiger partial charge in [-0.25, -0.2) is 4.98 Å². The zero-order valence-corrected chi connectivity index (χ0v) is 15.5. The average Bonchev–Trinajstić information content (AvgIpc) is 2.54. The van der Waals surface area contributed by atoms with Crippen LogP contribution in [-0.4, -0.2) is 26.8 Å². The summed E-state index contributed by atoms with van der Waals surface area (Å²) >= 11 is 1.67. The summed E-state index contributed by atoms with van der Waals surface area (Å²) in [7, 11) is -2.36. The minimum atomic E-state index is -2.36. The first-order chi connectivity index (χ1) is 11.1. The molecule has 0 saturated heterocycles. The van der Waals surface area contributed by atoms with E-state index >= 15 is 0 Å². The van der Waals surface area contributed by atoms with E-state index in [4.69, 9.17) is 8.85 Å². The summed E-state index contributed by atoms with van der Waals surface area (Å²) < 4.78 is 25.0. The molecule has 0 N–H and O–H groups in total. The Morgan fingerprint density at radius 2 is 1.87 bits per heavy atom. The highest BCUT2D eigenvalue weighted by Gasteiger charge is 2.33. The lowest BCUT2D eigenvalue weighted by Crippen LogP contribution is -2.51. The zero-order valence-electron chi connectivity index (χ0n) is 13.7. The van der Waals surface area contributed by atoms with Gasteiger partial charge < -0.3 is 8.85 Å². The summed E-state index contributed by atoms with van der Waals surface area (Å²) in [5.41, 5.74) is 0.919. The van der Waals surface area contributed by atoms with E-state index in [0.29, 0.717) is 19.0 Å². The molecule has 1 aromatic carbocycles. The molecule has 0 fully saturated rings. The molecule has 0 amide bonds. The zero-order chi connectivity index (χ0) is 16.7. The van der Waals surface area contributed by atoms with E-state index in [2.05, 4.69) is 29.7 Å². The molecule has 23 heavy (non-hydrogen) atoms. The molecule has 0 aliphatic rings.